The maximum Gasteiger partial charge on any atom is 0.367 e. The number of hydrogen-bond donors (Lipinski definition) is 2. The lowest BCUT2D eigenvalue weighted by atomic mass is 10.1. The van der Waals surface area contributed by atoms with Gasteiger partial charge in [0.25, 0.3) is 0 Å². The van der Waals surface area contributed by atoms with Crippen molar-refractivity contribution < 1.29 is 28.6 Å². The van der Waals surface area contributed by atoms with Crippen LogP contribution in [0.5, 0.6) is 5.75 Å². The first-order valence-corrected chi connectivity index (χ1v) is 6.60. The minimum atomic E-state index is -2.65. The van der Waals surface area contributed by atoms with E-state index in [1.165, 1.54) is 0 Å². The predicted molar refractivity (Wildman–Crippen MR) is 65.1 cm³/mol. The monoisotopic (exact) mass is 274 g/mol. The number of rotatable bonds is 8. The van der Waals surface area contributed by atoms with E-state index in [1.54, 1.807) is 24.3 Å². The Morgan fingerprint density at radius 3 is 2.50 bits per heavy atom. The summed E-state index contributed by atoms with van der Waals surface area (Å²) in [7, 11) is -2.65. The van der Waals surface area contributed by atoms with Crippen LogP contribution < -0.4 is 4.52 Å². The molecular formula is C11H15O6P. The smallest absolute Gasteiger partial charge is 0.367 e. The SMILES string of the molecule is O=C(O)CCc1ccc(O[PH](=O)OCCO)cc1. The Hall–Kier alpha value is -1.36. The first-order valence-electron chi connectivity index (χ1n) is 5.38. The predicted octanol–water partition coefficient (Wildman–Crippen LogP) is 1.48. The van der Waals surface area contributed by atoms with Crippen LogP contribution in [0.2, 0.25) is 0 Å². The van der Waals surface area contributed by atoms with Crippen LogP contribution in [0, 0.1) is 0 Å². The van der Waals surface area contributed by atoms with Gasteiger partial charge in [-0.3, -0.25) is 9.32 Å². The van der Waals surface area contributed by atoms with E-state index in [1.807, 2.05) is 0 Å². The van der Waals surface area contributed by atoms with Crippen molar-refractivity contribution in [3.05, 3.63) is 29.8 Å². The van der Waals surface area contributed by atoms with Crippen molar-refractivity contribution >= 4 is 14.2 Å². The van der Waals surface area contributed by atoms with E-state index >= 15 is 0 Å². The highest BCUT2D eigenvalue weighted by Gasteiger charge is 2.03. The van der Waals surface area contributed by atoms with Crippen LogP contribution in [0.1, 0.15) is 12.0 Å². The van der Waals surface area contributed by atoms with Gasteiger partial charge in [0.05, 0.1) is 13.2 Å². The fraction of sp³-hybridized carbons (Fsp3) is 0.364. The lowest BCUT2D eigenvalue weighted by Crippen LogP contribution is -1.97. The van der Waals surface area contributed by atoms with Gasteiger partial charge in [-0.05, 0) is 24.1 Å². The maximum absolute atomic E-state index is 11.2. The van der Waals surface area contributed by atoms with Crippen molar-refractivity contribution in [1.82, 2.24) is 0 Å². The van der Waals surface area contributed by atoms with Gasteiger partial charge in [-0.15, -0.1) is 0 Å². The summed E-state index contributed by atoms with van der Waals surface area (Å²) in [6, 6.07) is 6.61. The van der Waals surface area contributed by atoms with Crippen LogP contribution >= 0.6 is 8.25 Å². The van der Waals surface area contributed by atoms with Crippen LogP contribution in [0.15, 0.2) is 24.3 Å². The van der Waals surface area contributed by atoms with Crippen molar-refractivity contribution in [3.63, 3.8) is 0 Å². The second kappa shape index (κ2) is 7.87. The quantitative estimate of drug-likeness (QED) is 0.697. The molecule has 0 spiro atoms. The van der Waals surface area contributed by atoms with E-state index in [0.717, 1.165) is 5.56 Å². The summed E-state index contributed by atoms with van der Waals surface area (Å²) in [5.41, 5.74) is 0.862. The molecule has 1 aromatic carbocycles. The molecule has 1 unspecified atom stereocenters. The summed E-state index contributed by atoms with van der Waals surface area (Å²) < 4.78 is 20.9. The first kappa shape index (κ1) is 14.7. The fourth-order valence-corrected chi connectivity index (χ4v) is 1.88. The molecule has 0 aromatic heterocycles. The van der Waals surface area contributed by atoms with E-state index < -0.39 is 14.2 Å². The molecule has 1 atom stereocenters. The number of aliphatic carboxylic acids is 1. The van der Waals surface area contributed by atoms with Gasteiger partial charge in [0.2, 0.25) is 0 Å². The molecule has 100 valence electrons. The molecule has 0 aliphatic carbocycles. The molecule has 2 N–H and O–H groups in total. The zero-order chi connectivity index (χ0) is 13.4. The molecule has 0 saturated carbocycles. The number of benzene rings is 1. The summed E-state index contributed by atoms with van der Waals surface area (Å²) in [4.78, 5) is 10.4. The normalized spacial score (nSPS) is 12.1. The standard InChI is InChI=1S/C11H15O6P/c12-7-8-16-18(15)17-10-4-1-9(2-5-10)3-6-11(13)14/h1-2,4-5,12,18H,3,6-8H2,(H,13,14). The third-order valence-electron chi connectivity index (χ3n) is 2.06. The third kappa shape index (κ3) is 5.82. The van der Waals surface area contributed by atoms with Gasteiger partial charge in [-0.2, -0.15) is 0 Å². The number of carbonyl (C=O) groups is 1. The molecular weight excluding hydrogens is 259 g/mol. The van der Waals surface area contributed by atoms with Crippen molar-refractivity contribution in [2.45, 2.75) is 12.8 Å². The zero-order valence-corrected chi connectivity index (χ0v) is 10.7. The van der Waals surface area contributed by atoms with Crippen molar-refractivity contribution in [1.29, 1.82) is 0 Å². The topological polar surface area (TPSA) is 93.1 Å². The Morgan fingerprint density at radius 2 is 1.94 bits per heavy atom. The average Bonchev–Trinajstić information content (AvgIpc) is 2.35. The largest absolute Gasteiger partial charge is 0.481 e. The molecule has 0 saturated heterocycles. The van der Waals surface area contributed by atoms with Gasteiger partial charge < -0.3 is 14.7 Å². The molecule has 0 amide bonds. The lowest BCUT2D eigenvalue weighted by molar-refractivity contribution is -0.136. The van der Waals surface area contributed by atoms with Gasteiger partial charge in [-0.1, -0.05) is 12.1 Å². The number of carboxylic acid groups (broad SMARTS) is 1. The van der Waals surface area contributed by atoms with Crippen LogP contribution in [0.25, 0.3) is 0 Å². The zero-order valence-electron chi connectivity index (χ0n) is 9.67. The summed E-state index contributed by atoms with van der Waals surface area (Å²) >= 11 is 0. The maximum atomic E-state index is 11.2. The first-order chi connectivity index (χ1) is 8.61. The van der Waals surface area contributed by atoms with E-state index in [0.29, 0.717) is 12.2 Å². The van der Waals surface area contributed by atoms with Crippen molar-refractivity contribution in [3.8, 4) is 5.75 Å². The molecule has 0 bridgehead atoms. The molecule has 0 fully saturated rings. The van der Waals surface area contributed by atoms with Gasteiger partial charge in [0.15, 0.2) is 0 Å². The van der Waals surface area contributed by atoms with Gasteiger partial charge in [-0.25, -0.2) is 4.57 Å². The van der Waals surface area contributed by atoms with Crippen molar-refractivity contribution in [2.75, 3.05) is 13.2 Å². The highest BCUT2D eigenvalue weighted by molar-refractivity contribution is 7.33. The van der Waals surface area contributed by atoms with E-state index in [4.69, 9.17) is 19.3 Å². The van der Waals surface area contributed by atoms with Crippen molar-refractivity contribution in [2.24, 2.45) is 0 Å². The summed E-state index contributed by atoms with van der Waals surface area (Å²) in [6.07, 6.45) is 0.502. The summed E-state index contributed by atoms with van der Waals surface area (Å²) in [5, 5.41) is 17.0. The third-order valence-corrected chi connectivity index (χ3v) is 2.91. The second-order valence-electron chi connectivity index (χ2n) is 3.46. The van der Waals surface area contributed by atoms with Gasteiger partial charge in [0.1, 0.15) is 5.75 Å². The Bertz CT molecular complexity index is 402. The Balaban J connectivity index is 2.44. The molecule has 0 aliphatic rings. The molecule has 1 rings (SSSR count). The van der Waals surface area contributed by atoms with Crippen LogP contribution in [0.4, 0.5) is 0 Å². The molecule has 0 heterocycles. The van der Waals surface area contributed by atoms with Gasteiger partial charge in [0, 0.05) is 6.42 Å². The highest BCUT2D eigenvalue weighted by atomic mass is 31.1. The Labute approximate surface area is 105 Å². The average molecular weight is 274 g/mol. The van der Waals surface area contributed by atoms with Crippen LogP contribution in [-0.4, -0.2) is 29.4 Å². The summed E-state index contributed by atoms with van der Waals surface area (Å²) in [6.45, 7) is -0.248. The number of aryl methyl sites for hydroxylation is 1. The minimum Gasteiger partial charge on any atom is -0.481 e. The molecule has 7 heteroatoms. The number of hydrogen-bond acceptors (Lipinski definition) is 5. The molecule has 0 radical (unpaired) electrons. The van der Waals surface area contributed by atoms with E-state index in [2.05, 4.69) is 0 Å². The molecule has 1 aromatic rings. The van der Waals surface area contributed by atoms with Crippen LogP contribution in [0.3, 0.4) is 0 Å². The minimum absolute atomic E-state index is 0.0332. The van der Waals surface area contributed by atoms with Gasteiger partial charge >= 0.3 is 14.2 Å². The lowest BCUT2D eigenvalue weighted by Gasteiger charge is -2.06. The Morgan fingerprint density at radius 1 is 1.28 bits per heavy atom. The molecule has 18 heavy (non-hydrogen) atoms. The highest BCUT2D eigenvalue weighted by Crippen LogP contribution is 2.27. The number of carboxylic acids is 1. The second-order valence-corrected chi connectivity index (χ2v) is 4.45. The molecule has 6 nitrogen and oxygen atoms in total. The number of aliphatic hydroxyl groups excluding tert-OH is 1. The number of aliphatic hydroxyl groups is 1. The van der Waals surface area contributed by atoms with E-state index in [9.17, 15) is 9.36 Å². The van der Waals surface area contributed by atoms with Crippen LogP contribution in [-0.2, 0) is 20.3 Å². The fourth-order valence-electron chi connectivity index (χ4n) is 1.23. The summed E-state index contributed by atoms with van der Waals surface area (Å²) in [5.74, 6) is -0.464. The van der Waals surface area contributed by atoms with E-state index in [-0.39, 0.29) is 19.6 Å². The molecule has 0 aliphatic heterocycles. The Kier molecular flexibility index (Phi) is 6.43.